The fraction of sp³-hybridized carbons (Fsp3) is 0.500. The van der Waals surface area contributed by atoms with Gasteiger partial charge in [-0.05, 0) is 91.5 Å². The molecule has 1 atom stereocenters. The van der Waals surface area contributed by atoms with E-state index in [9.17, 15) is 0 Å². The lowest BCUT2D eigenvalue weighted by atomic mass is 9.79. The zero-order chi connectivity index (χ0) is 16.2. The van der Waals surface area contributed by atoms with Crippen LogP contribution in [0.1, 0.15) is 78.7 Å². The molecule has 126 valence electrons. The summed E-state index contributed by atoms with van der Waals surface area (Å²) < 4.78 is 0. The van der Waals surface area contributed by atoms with E-state index in [2.05, 4.69) is 42.5 Å². The van der Waals surface area contributed by atoms with E-state index in [-0.39, 0.29) is 0 Å². The Bertz CT molecular complexity index is 665. The van der Waals surface area contributed by atoms with Crippen LogP contribution in [0.5, 0.6) is 0 Å². The molecule has 0 aromatic heterocycles. The molecular formula is C24H30. The summed E-state index contributed by atoms with van der Waals surface area (Å²) in [6, 6.07) is 16.9. The molecule has 4 bridgehead atoms. The Labute approximate surface area is 147 Å². The molecule has 3 aliphatic rings. The van der Waals surface area contributed by atoms with Gasteiger partial charge >= 0.3 is 0 Å². The first-order valence-corrected chi connectivity index (χ1v) is 10.1. The highest BCUT2D eigenvalue weighted by Crippen LogP contribution is 2.35. The average molecular weight is 319 g/mol. The minimum atomic E-state index is 0.779. The van der Waals surface area contributed by atoms with E-state index in [1.165, 1.54) is 81.8 Å². The monoisotopic (exact) mass is 318 g/mol. The van der Waals surface area contributed by atoms with E-state index in [4.69, 9.17) is 0 Å². The smallest absolute Gasteiger partial charge is 0.0156 e. The van der Waals surface area contributed by atoms with Crippen LogP contribution in [0, 0.1) is 0 Å². The molecule has 2 aromatic rings. The Kier molecular flexibility index (Phi) is 5.02. The largest absolute Gasteiger partial charge is 0.0588 e. The third-order valence-corrected chi connectivity index (χ3v) is 6.13. The third-order valence-electron chi connectivity index (χ3n) is 6.13. The molecule has 24 heavy (non-hydrogen) atoms. The second kappa shape index (κ2) is 7.55. The lowest BCUT2D eigenvalue weighted by Gasteiger charge is -2.26. The SMILES string of the molecule is c1cc2ccc1CCCCCCc1ccc3c(c1)[C@@H](CCC3)CC2. The first kappa shape index (κ1) is 15.9. The van der Waals surface area contributed by atoms with Crippen LogP contribution in [0.4, 0.5) is 0 Å². The zero-order valence-corrected chi connectivity index (χ0v) is 14.9. The van der Waals surface area contributed by atoms with Gasteiger partial charge in [0.15, 0.2) is 0 Å². The molecule has 0 heterocycles. The average Bonchev–Trinajstić information content (AvgIpc) is 2.63. The number of aryl methyl sites for hydroxylation is 4. The molecule has 0 saturated carbocycles. The normalized spacial score (nSPS) is 21.6. The molecule has 3 aliphatic carbocycles. The van der Waals surface area contributed by atoms with Crippen molar-refractivity contribution in [3.63, 3.8) is 0 Å². The topological polar surface area (TPSA) is 0 Å². The third kappa shape index (κ3) is 3.74. The Morgan fingerprint density at radius 3 is 2.00 bits per heavy atom. The number of hydrogen-bond donors (Lipinski definition) is 0. The van der Waals surface area contributed by atoms with Crippen LogP contribution < -0.4 is 0 Å². The Hall–Kier alpha value is -1.56. The van der Waals surface area contributed by atoms with Gasteiger partial charge in [-0.1, -0.05) is 55.3 Å². The predicted octanol–water partition coefficient (Wildman–Crippen LogP) is 6.40. The lowest BCUT2D eigenvalue weighted by molar-refractivity contribution is 0.519. The maximum Gasteiger partial charge on any atom is -0.0156 e. The summed E-state index contributed by atoms with van der Waals surface area (Å²) in [7, 11) is 0. The van der Waals surface area contributed by atoms with Crippen LogP contribution in [-0.4, -0.2) is 0 Å². The van der Waals surface area contributed by atoms with Gasteiger partial charge in [-0.15, -0.1) is 0 Å². The highest BCUT2D eigenvalue weighted by Gasteiger charge is 2.20. The summed E-state index contributed by atoms with van der Waals surface area (Å²) in [5, 5.41) is 0. The molecule has 0 unspecified atom stereocenters. The van der Waals surface area contributed by atoms with Crippen molar-refractivity contribution in [2.24, 2.45) is 0 Å². The molecule has 0 spiro atoms. The van der Waals surface area contributed by atoms with E-state index < -0.39 is 0 Å². The fourth-order valence-corrected chi connectivity index (χ4v) is 4.63. The molecule has 2 aromatic carbocycles. The first-order chi connectivity index (χ1) is 11.9. The highest BCUT2D eigenvalue weighted by atomic mass is 14.2. The summed E-state index contributed by atoms with van der Waals surface area (Å²) in [5.41, 5.74) is 7.94. The molecule has 0 nitrogen and oxygen atoms in total. The van der Waals surface area contributed by atoms with Gasteiger partial charge < -0.3 is 0 Å². The van der Waals surface area contributed by atoms with Gasteiger partial charge in [0.2, 0.25) is 0 Å². The van der Waals surface area contributed by atoms with Crippen molar-refractivity contribution in [2.45, 2.75) is 76.5 Å². The van der Waals surface area contributed by atoms with E-state index in [0.29, 0.717) is 0 Å². The molecule has 0 aliphatic heterocycles. The second-order valence-corrected chi connectivity index (χ2v) is 7.89. The predicted molar refractivity (Wildman–Crippen MR) is 103 cm³/mol. The van der Waals surface area contributed by atoms with Crippen molar-refractivity contribution >= 4 is 0 Å². The Morgan fingerprint density at radius 2 is 1.21 bits per heavy atom. The van der Waals surface area contributed by atoms with Gasteiger partial charge in [0.05, 0.1) is 0 Å². The van der Waals surface area contributed by atoms with Crippen LogP contribution >= 0.6 is 0 Å². The van der Waals surface area contributed by atoms with E-state index >= 15 is 0 Å². The highest BCUT2D eigenvalue weighted by molar-refractivity contribution is 5.37. The quantitative estimate of drug-likeness (QED) is 0.527. The van der Waals surface area contributed by atoms with E-state index in [1.54, 1.807) is 16.7 Å². The molecule has 0 saturated heterocycles. The molecular weight excluding hydrogens is 288 g/mol. The van der Waals surface area contributed by atoms with Gasteiger partial charge in [-0.25, -0.2) is 0 Å². The molecule has 0 N–H and O–H groups in total. The van der Waals surface area contributed by atoms with E-state index in [1.807, 2.05) is 0 Å². The second-order valence-electron chi connectivity index (χ2n) is 7.89. The molecule has 0 heteroatoms. The van der Waals surface area contributed by atoms with Gasteiger partial charge in [-0.3, -0.25) is 0 Å². The lowest BCUT2D eigenvalue weighted by Crippen LogP contribution is -2.11. The first-order valence-electron chi connectivity index (χ1n) is 10.1. The molecule has 0 radical (unpaired) electrons. The molecule has 5 rings (SSSR count). The minimum absolute atomic E-state index is 0.779. The van der Waals surface area contributed by atoms with Crippen molar-refractivity contribution in [2.75, 3.05) is 0 Å². The summed E-state index contributed by atoms with van der Waals surface area (Å²) in [6.45, 7) is 0. The standard InChI is InChI=1S/C24H30/c1-2-4-7-21-15-17-23-9-5-8-22(24(23)18-21)16-14-20-12-10-19(6-3-1)11-13-20/h10-13,15,17-18,22H,1-9,14,16H2/t22-/m0/s1. The van der Waals surface area contributed by atoms with Crippen molar-refractivity contribution in [1.29, 1.82) is 0 Å². The van der Waals surface area contributed by atoms with Crippen LogP contribution in [0.2, 0.25) is 0 Å². The number of fused-ring (bicyclic) bond motifs is 8. The van der Waals surface area contributed by atoms with Crippen molar-refractivity contribution in [3.05, 3.63) is 70.3 Å². The Morgan fingerprint density at radius 1 is 0.542 bits per heavy atom. The number of benzene rings is 2. The van der Waals surface area contributed by atoms with Crippen LogP contribution in [0.3, 0.4) is 0 Å². The summed E-state index contributed by atoms with van der Waals surface area (Å²) >= 11 is 0. The van der Waals surface area contributed by atoms with Gasteiger partial charge in [-0.2, -0.15) is 0 Å². The van der Waals surface area contributed by atoms with Crippen LogP contribution in [-0.2, 0) is 25.7 Å². The minimum Gasteiger partial charge on any atom is -0.0588 e. The summed E-state index contributed by atoms with van der Waals surface area (Å²) in [6.07, 6.45) is 14.5. The Balaban J connectivity index is 1.59. The number of hydrogen-bond acceptors (Lipinski definition) is 0. The van der Waals surface area contributed by atoms with Crippen molar-refractivity contribution in [1.82, 2.24) is 0 Å². The van der Waals surface area contributed by atoms with Gasteiger partial charge in [0.1, 0.15) is 0 Å². The van der Waals surface area contributed by atoms with Crippen molar-refractivity contribution < 1.29 is 0 Å². The molecule has 0 amide bonds. The van der Waals surface area contributed by atoms with Crippen molar-refractivity contribution in [3.8, 4) is 0 Å². The van der Waals surface area contributed by atoms with Crippen LogP contribution in [0.25, 0.3) is 0 Å². The maximum absolute atomic E-state index is 2.56. The van der Waals surface area contributed by atoms with Crippen LogP contribution in [0.15, 0.2) is 42.5 Å². The van der Waals surface area contributed by atoms with E-state index in [0.717, 1.165) is 5.92 Å². The van der Waals surface area contributed by atoms with Gasteiger partial charge in [0, 0.05) is 0 Å². The summed E-state index contributed by atoms with van der Waals surface area (Å²) in [5.74, 6) is 0.779. The maximum atomic E-state index is 2.56. The fourth-order valence-electron chi connectivity index (χ4n) is 4.63. The zero-order valence-electron chi connectivity index (χ0n) is 14.9. The number of rotatable bonds is 0. The van der Waals surface area contributed by atoms with Gasteiger partial charge in [0.25, 0.3) is 0 Å². The summed E-state index contributed by atoms with van der Waals surface area (Å²) in [4.78, 5) is 0. The molecule has 0 fully saturated rings.